The number of amides is 1. The Morgan fingerprint density at radius 1 is 1.17 bits per heavy atom. The summed E-state index contributed by atoms with van der Waals surface area (Å²) in [6.07, 6.45) is 2.30. The third-order valence-corrected chi connectivity index (χ3v) is 4.45. The standard InChI is InChI=1S/C21H18FN5O2/c22-16-8-6-15(7-9-16)20(28)19-13-27(26-25-19)17-4-1-3-14(11-17)12-24-21(29)18-5-2-10-23-18/h1-11,13,20,23,28H,12H2,(H,24,29). The average molecular weight is 391 g/mol. The molecule has 0 saturated heterocycles. The molecule has 146 valence electrons. The lowest BCUT2D eigenvalue weighted by Crippen LogP contribution is -2.23. The third kappa shape index (κ3) is 4.22. The fourth-order valence-electron chi connectivity index (χ4n) is 2.90. The van der Waals surface area contributed by atoms with E-state index in [1.165, 1.54) is 24.3 Å². The molecule has 0 saturated carbocycles. The van der Waals surface area contributed by atoms with Gasteiger partial charge in [0.15, 0.2) is 0 Å². The Morgan fingerprint density at radius 2 is 2.00 bits per heavy atom. The van der Waals surface area contributed by atoms with Gasteiger partial charge in [0.05, 0.1) is 11.9 Å². The van der Waals surface area contributed by atoms with E-state index in [4.69, 9.17) is 0 Å². The number of rotatable bonds is 6. The van der Waals surface area contributed by atoms with Gasteiger partial charge in [0.25, 0.3) is 5.91 Å². The number of hydrogen-bond acceptors (Lipinski definition) is 4. The van der Waals surface area contributed by atoms with E-state index in [9.17, 15) is 14.3 Å². The van der Waals surface area contributed by atoms with Crippen LogP contribution in [0.25, 0.3) is 5.69 Å². The molecule has 7 nitrogen and oxygen atoms in total. The number of nitrogens with one attached hydrogen (secondary N) is 2. The number of H-pyrrole nitrogens is 1. The second kappa shape index (κ2) is 8.07. The molecule has 2 aromatic carbocycles. The van der Waals surface area contributed by atoms with Gasteiger partial charge in [-0.05, 0) is 47.5 Å². The first kappa shape index (κ1) is 18.6. The van der Waals surface area contributed by atoms with Crippen LogP contribution in [-0.2, 0) is 6.54 Å². The summed E-state index contributed by atoms with van der Waals surface area (Å²) in [5, 5.41) is 21.4. The van der Waals surface area contributed by atoms with Crippen molar-refractivity contribution in [3.63, 3.8) is 0 Å². The summed E-state index contributed by atoms with van der Waals surface area (Å²) < 4.78 is 14.6. The smallest absolute Gasteiger partial charge is 0.267 e. The van der Waals surface area contributed by atoms with Crippen molar-refractivity contribution in [2.75, 3.05) is 0 Å². The lowest BCUT2D eigenvalue weighted by Gasteiger charge is -2.08. The van der Waals surface area contributed by atoms with Gasteiger partial charge in [-0.25, -0.2) is 9.07 Å². The fraction of sp³-hybridized carbons (Fsp3) is 0.0952. The van der Waals surface area contributed by atoms with Crippen LogP contribution in [0.15, 0.2) is 73.1 Å². The zero-order chi connectivity index (χ0) is 20.2. The molecule has 0 fully saturated rings. The van der Waals surface area contributed by atoms with Crippen molar-refractivity contribution in [1.82, 2.24) is 25.3 Å². The molecule has 4 aromatic rings. The number of aliphatic hydroxyl groups is 1. The van der Waals surface area contributed by atoms with Crippen LogP contribution in [0, 0.1) is 5.82 Å². The summed E-state index contributed by atoms with van der Waals surface area (Å²) in [7, 11) is 0. The van der Waals surface area contributed by atoms with Gasteiger partial charge >= 0.3 is 0 Å². The molecule has 0 bridgehead atoms. The maximum atomic E-state index is 13.1. The van der Waals surface area contributed by atoms with Crippen LogP contribution in [0.2, 0.25) is 0 Å². The van der Waals surface area contributed by atoms with E-state index < -0.39 is 6.10 Å². The van der Waals surface area contributed by atoms with Gasteiger partial charge in [-0.1, -0.05) is 29.5 Å². The SMILES string of the molecule is O=C(NCc1cccc(-n2cc(C(O)c3ccc(F)cc3)nn2)c1)c1ccc[nH]1. The molecule has 0 aliphatic carbocycles. The van der Waals surface area contributed by atoms with E-state index in [1.54, 1.807) is 29.2 Å². The first-order chi connectivity index (χ1) is 14.1. The number of carbonyl (C=O) groups is 1. The molecular formula is C21H18FN5O2. The highest BCUT2D eigenvalue weighted by Crippen LogP contribution is 2.21. The molecule has 0 spiro atoms. The number of hydrogen-bond donors (Lipinski definition) is 3. The summed E-state index contributed by atoms with van der Waals surface area (Å²) in [6.45, 7) is 0.353. The molecule has 0 aliphatic rings. The Morgan fingerprint density at radius 3 is 2.76 bits per heavy atom. The minimum Gasteiger partial charge on any atom is -0.382 e. The first-order valence-electron chi connectivity index (χ1n) is 8.97. The monoisotopic (exact) mass is 391 g/mol. The van der Waals surface area contributed by atoms with E-state index >= 15 is 0 Å². The highest BCUT2D eigenvalue weighted by molar-refractivity contribution is 5.92. The van der Waals surface area contributed by atoms with Crippen molar-refractivity contribution in [3.05, 3.63) is 101 Å². The minimum absolute atomic E-state index is 0.189. The molecule has 0 aliphatic heterocycles. The van der Waals surface area contributed by atoms with Crippen molar-refractivity contribution in [2.45, 2.75) is 12.6 Å². The lowest BCUT2D eigenvalue weighted by atomic mass is 10.1. The number of benzene rings is 2. The maximum absolute atomic E-state index is 13.1. The van der Waals surface area contributed by atoms with Crippen LogP contribution in [0.1, 0.15) is 33.4 Å². The molecule has 3 N–H and O–H groups in total. The third-order valence-electron chi connectivity index (χ3n) is 4.45. The van der Waals surface area contributed by atoms with Crippen molar-refractivity contribution >= 4 is 5.91 Å². The van der Waals surface area contributed by atoms with Gasteiger partial charge in [0.2, 0.25) is 0 Å². The molecular weight excluding hydrogens is 373 g/mol. The van der Waals surface area contributed by atoms with Gasteiger partial charge in [0, 0.05) is 12.7 Å². The van der Waals surface area contributed by atoms with E-state index in [1.807, 2.05) is 24.3 Å². The Balaban J connectivity index is 1.47. The molecule has 1 amide bonds. The van der Waals surface area contributed by atoms with Crippen LogP contribution in [0.4, 0.5) is 4.39 Å². The molecule has 4 rings (SSSR count). The van der Waals surface area contributed by atoms with Crippen LogP contribution in [-0.4, -0.2) is 31.0 Å². The fourth-order valence-corrected chi connectivity index (χ4v) is 2.90. The molecule has 0 radical (unpaired) electrons. The van der Waals surface area contributed by atoms with Gasteiger partial charge in [-0.15, -0.1) is 5.10 Å². The zero-order valence-corrected chi connectivity index (χ0v) is 15.3. The van der Waals surface area contributed by atoms with Crippen molar-refractivity contribution < 1.29 is 14.3 Å². The van der Waals surface area contributed by atoms with E-state index in [2.05, 4.69) is 20.6 Å². The Bertz CT molecular complexity index is 1110. The van der Waals surface area contributed by atoms with E-state index in [0.29, 0.717) is 23.5 Å². The zero-order valence-electron chi connectivity index (χ0n) is 15.3. The second-order valence-corrected chi connectivity index (χ2v) is 6.48. The van der Waals surface area contributed by atoms with Crippen molar-refractivity contribution in [2.24, 2.45) is 0 Å². The number of carbonyl (C=O) groups excluding carboxylic acids is 1. The molecule has 8 heteroatoms. The molecule has 2 heterocycles. The first-order valence-corrected chi connectivity index (χ1v) is 8.97. The Labute approximate surface area is 165 Å². The largest absolute Gasteiger partial charge is 0.382 e. The number of nitrogens with zero attached hydrogens (tertiary/aromatic N) is 3. The van der Waals surface area contributed by atoms with Gasteiger partial charge in [-0.2, -0.15) is 0 Å². The number of aromatic nitrogens is 4. The Kier molecular flexibility index (Phi) is 5.17. The van der Waals surface area contributed by atoms with Crippen LogP contribution in [0.3, 0.4) is 0 Å². The summed E-state index contributed by atoms with van der Waals surface area (Å²) in [4.78, 5) is 14.9. The number of aliphatic hydroxyl groups excluding tert-OH is 1. The summed E-state index contributed by atoms with van der Waals surface area (Å²) in [6, 6.07) is 16.5. The number of aromatic amines is 1. The Hall–Kier alpha value is -3.78. The summed E-state index contributed by atoms with van der Waals surface area (Å²) in [5.74, 6) is -0.560. The topological polar surface area (TPSA) is 95.8 Å². The minimum atomic E-state index is -1.01. The maximum Gasteiger partial charge on any atom is 0.267 e. The number of halogens is 1. The van der Waals surface area contributed by atoms with E-state index in [0.717, 1.165) is 11.3 Å². The molecule has 1 unspecified atom stereocenters. The summed E-state index contributed by atoms with van der Waals surface area (Å²) in [5.41, 5.74) is 3.00. The van der Waals surface area contributed by atoms with Gasteiger partial charge < -0.3 is 15.4 Å². The highest BCUT2D eigenvalue weighted by atomic mass is 19.1. The predicted molar refractivity (Wildman–Crippen MR) is 104 cm³/mol. The quantitative estimate of drug-likeness (QED) is 0.471. The second-order valence-electron chi connectivity index (χ2n) is 6.48. The average Bonchev–Trinajstić information content (AvgIpc) is 3.44. The summed E-state index contributed by atoms with van der Waals surface area (Å²) >= 11 is 0. The normalized spacial score (nSPS) is 11.9. The molecule has 29 heavy (non-hydrogen) atoms. The molecule has 1 atom stereocenters. The van der Waals surface area contributed by atoms with Gasteiger partial charge in [0.1, 0.15) is 23.3 Å². The van der Waals surface area contributed by atoms with Gasteiger partial charge in [-0.3, -0.25) is 4.79 Å². The highest BCUT2D eigenvalue weighted by Gasteiger charge is 2.15. The van der Waals surface area contributed by atoms with Crippen molar-refractivity contribution in [1.29, 1.82) is 0 Å². The van der Waals surface area contributed by atoms with E-state index in [-0.39, 0.29) is 11.7 Å². The molecule has 2 aromatic heterocycles. The van der Waals surface area contributed by atoms with Crippen LogP contribution < -0.4 is 5.32 Å². The van der Waals surface area contributed by atoms with Crippen LogP contribution in [0.5, 0.6) is 0 Å². The lowest BCUT2D eigenvalue weighted by molar-refractivity contribution is 0.0946. The predicted octanol–water partition coefficient (Wildman–Crippen LogP) is 2.75. The van der Waals surface area contributed by atoms with Crippen molar-refractivity contribution in [3.8, 4) is 5.69 Å². The van der Waals surface area contributed by atoms with Crippen LogP contribution >= 0.6 is 0 Å².